The SMILES string of the molecule is CCCn1c(-c2cnc(N(CC)CC)s2)nc2cc(S(N)(=O)=O)ccc21. The van der Waals surface area contributed by atoms with Crippen LogP contribution in [0.5, 0.6) is 0 Å². The summed E-state index contributed by atoms with van der Waals surface area (Å²) >= 11 is 1.60. The molecule has 26 heavy (non-hydrogen) atoms. The second-order valence-electron chi connectivity index (χ2n) is 5.96. The monoisotopic (exact) mass is 393 g/mol. The number of thiazole rings is 1. The molecule has 0 amide bonds. The molecule has 0 unspecified atom stereocenters. The molecule has 1 aromatic carbocycles. The first kappa shape index (κ1) is 18.8. The molecule has 3 aromatic rings. The Hall–Kier alpha value is -1.97. The van der Waals surface area contributed by atoms with Crippen LogP contribution >= 0.6 is 11.3 Å². The summed E-state index contributed by atoms with van der Waals surface area (Å²) in [5, 5.41) is 6.22. The van der Waals surface area contributed by atoms with Crippen molar-refractivity contribution in [2.75, 3.05) is 18.0 Å². The third kappa shape index (κ3) is 3.46. The number of aromatic nitrogens is 3. The van der Waals surface area contributed by atoms with Crippen LogP contribution in [0.1, 0.15) is 27.2 Å². The Bertz CT molecular complexity index is 1020. The molecule has 0 fully saturated rings. The maximum Gasteiger partial charge on any atom is 0.238 e. The van der Waals surface area contributed by atoms with Crippen LogP contribution in [0.25, 0.3) is 21.7 Å². The lowest BCUT2D eigenvalue weighted by molar-refractivity contribution is 0.598. The van der Waals surface area contributed by atoms with E-state index in [2.05, 4.69) is 35.2 Å². The Balaban J connectivity index is 2.14. The van der Waals surface area contributed by atoms with E-state index in [1.807, 2.05) is 6.20 Å². The fraction of sp³-hybridized carbons (Fsp3) is 0.412. The summed E-state index contributed by atoms with van der Waals surface area (Å²) in [6.07, 6.45) is 2.78. The number of benzene rings is 1. The van der Waals surface area contributed by atoms with E-state index >= 15 is 0 Å². The second-order valence-corrected chi connectivity index (χ2v) is 8.53. The summed E-state index contributed by atoms with van der Waals surface area (Å²) in [6.45, 7) is 8.89. The van der Waals surface area contributed by atoms with E-state index in [-0.39, 0.29) is 4.90 Å². The maximum absolute atomic E-state index is 11.6. The summed E-state index contributed by atoms with van der Waals surface area (Å²) < 4.78 is 25.4. The standard InChI is InChI=1S/C17H23N5O2S2/c1-4-9-22-14-8-7-12(26(18,23)24)10-13(14)20-16(22)15-11-19-17(25-15)21(5-2)6-3/h7-8,10-11H,4-6,9H2,1-3H3,(H2,18,23,24). The van der Waals surface area contributed by atoms with Crippen molar-refractivity contribution >= 4 is 37.5 Å². The number of hydrogen-bond acceptors (Lipinski definition) is 6. The molecule has 0 bridgehead atoms. The second kappa shape index (κ2) is 7.34. The van der Waals surface area contributed by atoms with E-state index in [1.165, 1.54) is 12.1 Å². The van der Waals surface area contributed by atoms with Crippen LogP contribution in [0.3, 0.4) is 0 Å². The molecular formula is C17H23N5O2S2. The molecule has 0 aliphatic carbocycles. The van der Waals surface area contributed by atoms with Gasteiger partial charge in [0.15, 0.2) is 11.0 Å². The van der Waals surface area contributed by atoms with E-state index in [4.69, 9.17) is 10.1 Å². The lowest BCUT2D eigenvalue weighted by Gasteiger charge is -2.16. The number of primary sulfonamides is 1. The van der Waals surface area contributed by atoms with Crippen LogP contribution in [0.4, 0.5) is 5.13 Å². The van der Waals surface area contributed by atoms with Gasteiger partial charge in [0.05, 0.1) is 27.0 Å². The van der Waals surface area contributed by atoms with Crippen LogP contribution in [-0.2, 0) is 16.6 Å². The summed E-state index contributed by atoms with van der Waals surface area (Å²) in [4.78, 5) is 12.5. The molecule has 2 N–H and O–H groups in total. The highest BCUT2D eigenvalue weighted by molar-refractivity contribution is 7.89. The van der Waals surface area contributed by atoms with Gasteiger partial charge in [0.2, 0.25) is 10.0 Å². The van der Waals surface area contributed by atoms with Crippen LogP contribution in [0.2, 0.25) is 0 Å². The van der Waals surface area contributed by atoms with E-state index in [0.717, 1.165) is 47.4 Å². The first-order valence-corrected chi connectivity index (χ1v) is 11.0. The zero-order chi connectivity index (χ0) is 18.9. The van der Waals surface area contributed by atoms with Gasteiger partial charge in [-0.15, -0.1) is 0 Å². The molecule has 2 heterocycles. The van der Waals surface area contributed by atoms with Gasteiger partial charge in [0.25, 0.3) is 0 Å². The van der Waals surface area contributed by atoms with E-state index in [0.29, 0.717) is 5.52 Å². The molecule has 9 heteroatoms. The zero-order valence-electron chi connectivity index (χ0n) is 15.1. The molecule has 0 spiro atoms. The van der Waals surface area contributed by atoms with E-state index in [1.54, 1.807) is 17.4 Å². The Labute approximate surface area is 157 Å². The largest absolute Gasteiger partial charge is 0.349 e. The van der Waals surface area contributed by atoms with E-state index < -0.39 is 10.0 Å². The lowest BCUT2D eigenvalue weighted by atomic mass is 10.3. The number of aryl methyl sites for hydroxylation is 1. The summed E-state index contributed by atoms with van der Waals surface area (Å²) in [5.41, 5.74) is 1.52. The average molecular weight is 394 g/mol. The van der Waals surface area contributed by atoms with Crippen molar-refractivity contribution in [1.82, 2.24) is 14.5 Å². The summed E-state index contributed by atoms with van der Waals surface area (Å²) in [7, 11) is -3.75. The van der Waals surface area contributed by atoms with Gasteiger partial charge in [-0.25, -0.2) is 23.5 Å². The Morgan fingerprint density at radius 2 is 1.96 bits per heavy atom. The number of sulfonamides is 1. The van der Waals surface area contributed by atoms with Gasteiger partial charge in [-0.3, -0.25) is 0 Å². The first-order chi connectivity index (χ1) is 12.4. The molecule has 7 nitrogen and oxygen atoms in total. The molecule has 0 radical (unpaired) electrons. The molecule has 0 saturated carbocycles. The topological polar surface area (TPSA) is 94.1 Å². The minimum atomic E-state index is -3.75. The third-order valence-electron chi connectivity index (χ3n) is 4.24. The highest BCUT2D eigenvalue weighted by Gasteiger charge is 2.18. The molecular weight excluding hydrogens is 370 g/mol. The predicted octanol–water partition coefficient (Wildman–Crippen LogP) is 3.06. The molecule has 0 atom stereocenters. The number of nitrogens with zero attached hydrogens (tertiary/aromatic N) is 4. The number of hydrogen-bond donors (Lipinski definition) is 1. The van der Waals surface area contributed by atoms with Gasteiger partial charge in [0, 0.05) is 19.6 Å². The Morgan fingerprint density at radius 1 is 1.23 bits per heavy atom. The predicted molar refractivity (Wildman–Crippen MR) is 106 cm³/mol. The van der Waals surface area contributed by atoms with Crippen molar-refractivity contribution in [3.05, 3.63) is 24.4 Å². The van der Waals surface area contributed by atoms with Gasteiger partial charge in [-0.05, 0) is 38.5 Å². The lowest BCUT2D eigenvalue weighted by Crippen LogP contribution is -2.21. The van der Waals surface area contributed by atoms with Gasteiger partial charge in [-0.2, -0.15) is 0 Å². The number of anilines is 1. The average Bonchev–Trinajstić information content (AvgIpc) is 3.20. The molecule has 140 valence electrons. The highest BCUT2D eigenvalue weighted by Crippen LogP contribution is 2.33. The van der Waals surface area contributed by atoms with Gasteiger partial charge in [0.1, 0.15) is 0 Å². The van der Waals surface area contributed by atoms with Crippen LogP contribution < -0.4 is 10.0 Å². The highest BCUT2D eigenvalue weighted by atomic mass is 32.2. The normalized spacial score (nSPS) is 12.0. The van der Waals surface area contributed by atoms with Crippen molar-refractivity contribution in [2.24, 2.45) is 5.14 Å². The smallest absolute Gasteiger partial charge is 0.238 e. The molecule has 0 aliphatic rings. The fourth-order valence-corrected chi connectivity index (χ4v) is 4.51. The van der Waals surface area contributed by atoms with Gasteiger partial charge in [-0.1, -0.05) is 18.3 Å². The Morgan fingerprint density at radius 3 is 2.58 bits per heavy atom. The third-order valence-corrected chi connectivity index (χ3v) is 6.21. The van der Waals surface area contributed by atoms with Crippen molar-refractivity contribution in [2.45, 2.75) is 38.6 Å². The van der Waals surface area contributed by atoms with Crippen molar-refractivity contribution in [3.8, 4) is 10.7 Å². The number of rotatable bonds is 7. The number of nitrogens with two attached hydrogens (primary N) is 1. The van der Waals surface area contributed by atoms with E-state index in [9.17, 15) is 8.42 Å². The van der Waals surface area contributed by atoms with Crippen molar-refractivity contribution in [1.29, 1.82) is 0 Å². The quantitative estimate of drug-likeness (QED) is 0.666. The maximum atomic E-state index is 11.6. The number of imidazole rings is 1. The minimum absolute atomic E-state index is 0.0748. The molecule has 0 aliphatic heterocycles. The molecule has 0 saturated heterocycles. The molecule has 3 rings (SSSR count). The fourth-order valence-electron chi connectivity index (χ4n) is 2.93. The number of fused-ring (bicyclic) bond motifs is 1. The molecule has 2 aromatic heterocycles. The Kier molecular flexibility index (Phi) is 5.31. The van der Waals surface area contributed by atoms with Crippen molar-refractivity contribution in [3.63, 3.8) is 0 Å². The van der Waals surface area contributed by atoms with Crippen LogP contribution in [0, 0.1) is 0 Å². The van der Waals surface area contributed by atoms with Gasteiger partial charge < -0.3 is 9.47 Å². The van der Waals surface area contributed by atoms with Crippen molar-refractivity contribution < 1.29 is 8.42 Å². The van der Waals surface area contributed by atoms with Gasteiger partial charge >= 0.3 is 0 Å². The summed E-state index contributed by atoms with van der Waals surface area (Å²) in [5.74, 6) is 0.810. The zero-order valence-corrected chi connectivity index (χ0v) is 16.8. The van der Waals surface area contributed by atoms with Crippen LogP contribution in [-0.4, -0.2) is 36.0 Å². The minimum Gasteiger partial charge on any atom is -0.349 e. The first-order valence-electron chi connectivity index (χ1n) is 8.63. The van der Waals surface area contributed by atoms with Crippen LogP contribution in [0.15, 0.2) is 29.3 Å². The summed E-state index contributed by atoms with van der Waals surface area (Å²) in [6, 6.07) is 4.84.